The van der Waals surface area contributed by atoms with Gasteiger partial charge in [0.15, 0.2) is 6.29 Å². The Kier molecular flexibility index (Phi) is 5.39. The van der Waals surface area contributed by atoms with Crippen LogP contribution in [-0.2, 0) is 4.74 Å². The zero-order valence-corrected chi connectivity index (χ0v) is 11.6. The van der Waals surface area contributed by atoms with Crippen LogP contribution in [0, 0.1) is 11.8 Å². The third-order valence-electron chi connectivity index (χ3n) is 4.35. The summed E-state index contributed by atoms with van der Waals surface area (Å²) in [5.41, 5.74) is 0. The minimum Gasteiger partial charge on any atom is -0.392 e. The number of aliphatic hydroxyl groups is 3. The van der Waals surface area contributed by atoms with E-state index >= 15 is 0 Å². The first kappa shape index (κ1) is 15.0. The van der Waals surface area contributed by atoms with Crippen LogP contribution in [0.25, 0.3) is 0 Å². The molecule has 0 unspecified atom stereocenters. The average Bonchev–Trinajstić information content (AvgIpc) is 2.82. The standard InChI is InChI=1S/C15H26O4/c1-2-3-4-5-10(16)6-7-11-12-8-15(18)19-14(12)9-13(11)17/h6-7,10-18H,2-5,8-9H2,1H3/b7-6+/t10-,11+,12+,13+,14-,15+/m0/s1. The molecular formula is C15H26O4. The van der Waals surface area contributed by atoms with Crippen molar-refractivity contribution in [2.75, 3.05) is 0 Å². The fraction of sp³-hybridized carbons (Fsp3) is 0.867. The molecule has 4 heteroatoms. The summed E-state index contributed by atoms with van der Waals surface area (Å²) in [6, 6.07) is 0. The zero-order chi connectivity index (χ0) is 13.8. The van der Waals surface area contributed by atoms with E-state index in [1.54, 1.807) is 6.08 Å². The van der Waals surface area contributed by atoms with E-state index in [0.717, 1.165) is 25.7 Å². The number of ether oxygens (including phenoxy) is 1. The largest absolute Gasteiger partial charge is 0.392 e. The Hall–Kier alpha value is -0.420. The normalized spacial score (nSPS) is 39.9. The highest BCUT2D eigenvalue weighted by Crippen LogP contribution is 2.43. The first-order valence-corrected chi connectivity index (χ1v) is 7.49. The van der Waals surface area contributed by atoms with Crippen LogP contribution in [0.3, 0.4) is 0 Å². The summed E-state index contributed by atoms with van der Waals surface area (Å²) in [6.45, 7) is 2.14. The summed E-state index contributed by atoms with van der Waals surface area (Å²) in [5.74, 6) is 0.187. The van der Waals surface area contributed by atoms with Gasteiger partial charge in [-0.15, -0.1) is 0 Å². The summed E-state index contributed by atoms with van der Waals surface area (Å²) in [5, 5.41) is 29.4. The van der Waals surface area contributed by atoms with Crippen LogP contribution in [0.1, 0.15) is 45.4 Å². The van der Waals surface area contributed by atoms with Gasteiger partial charge in [-0.25, -0.2) is 0 Å². The highest BCUT2D eigenvalue weighted by molar-refractivity contribution is 5.06. The molecule has 0 amide bonds. The maximum absolute atomic E-state index is 10.0. The van der Waals surface area contributed by atoms with Crippen molar-refractivity contribution < 1.29 is 20.1 Å². The quantitative estimate of drug-likeness (QED) is 0.506. The summed E-state index contributed by atoms with van der Waals surface area (Å²) in [6.07, 6.45) is 7.44. The van der Waals surface area contributed by atoms with Gasteiger partial charge < -0.3 is 20.1 Å². The molecule has 0 aromatic heterocycles. The minimum absolute atomic E-state index is 0.00275. The molecule has 19 heavy (non-hydrogen) atoms. The Morgan fingerprint density at radius 3 is 2.79 bits per heavy atom. The maximum Gasteiger partial charge on any atom is 0.155 e. The van der Waals surface area contributed by atoms with Gasteiger partial charge >= 0.3 is 0 Å². The van der Waals surface area contributed by atoms with Gasteiger partial charge in [-0.1, -0.05) is 38.3 Å². The van der Waals surface area contributed by atoms with Gasteiger partial charge in [-0.3, -0.25) is 0 Å². The third kappa shape index (κ3) is 3.78. The smallest absolute Gasteiger partial charge is 0.155 e. The van der Waals surface area contributed by atoms with Crippen molar-refractivity contribution in [3.8, 4) is 0 Å². The van der Waals surface area contributed by atoms with Crippen molar-refractivity contribution in [2.45, 2.75) is 70.1 Å². The molecule has 0 radical (unpaired) electrons. The van der Waals surface area contributed by atoms with Crippen LogP contribution in [0.15, 0.2) is 12.2 Å². The van der Waals surface area contributed by atoms with Gasteiger partial charge in [0.2, 0.25) is 0 Å². The Morgan fingerprint density at radius 1 is 1.26 bits per heavy atom. The maximum atomic E-state index is 10.0. The molecule has 2 rings (SSSR count). The predicted molar refractivity (Wildman–Crippen MR) is 72.4 cm³/mol. The lowest BCUT2D eigenvalue weighted by Gasteiger charge is -2.16. The second kappa shape index (κ2) is 6.84. The van der Waals surface area contributed by atoms with Crippen LogP contribution >= 0.6 is 0 Å². The van der Waals surface area contributed by atoms with E-state index < -0.39 is 18.5 Å². The molecule has 1 saturated carbocycles. The molecule has 0 aromatic rings. The van der Waals surface area contributed by atoms with Gasteiger partial charge in [-0.2, -0.15) is 0 Å². The SMILES string of the molecule is CCCCC[C@H](O)/C=C/[C@@H]1[C@H]2C[C@H](O)O[C@H]2C[C@H]1O. The Bertz CT molecular complexity index is 305. The number of unbranched alkanes of at least 4 members (excludes halogenated alkanes) is 2. The van der Waals surface area contributed by atoms with E-state index in [1.165, 1.54) is 0 Å². The van der Waals surface area contributed by atoms with Gasteiger partial charge in [0.25, 0.3) is 0 Å². The predicted octanol–water partition coefficient (Wildman–Crippen LogP) is 1.59. The molecule has 1 aliphatic carbocycles. The van der Waals surface area contributed by atoms with Crippen LogP contribution < -0.4 is 0 Å². The molecule has 4 nitrogen and oxygen atoms in total. The monoisotopic (exact) mass is 270 g/mol. The molecule has 1 saturated heterocycles. The summed E-state index contributed by atoms with van der Waals surface area (Å²) >= 11 is 0. The fourth-order valence-corrected chi connectivity index (χ4v) is 3.29. The topological polar surface area (TPSA) is 69.9 Å². The molecule has 1 aliphatic heterocycles. The second-order valence-corrected chi connectivity index (χ2v) is 5.86. The fourth-order valence-electron chi connectivity index (χ4n) is 3.29. The molecule has 0 aromatic carbocycles. The van der Waals surface area contributed by atoms with Crippen molar-refractivity contribution in [1.29, 1.82) is 0 Å². The Morgan fingerprint density at radius 2 is 2.05 bits per heavy atom. The number of hydrogen-bond acceptors (Lipinski definition) is 4. The van der Waals surface area contributed by atoms with Crippen LogP contribution in [0.4, 0.5) is 0 Å². The molecule has 1 heterocycles. The van der Waals surface area contributed by atoms with E-state index in [1.807, 2.05) is 6.08 Å². The van der Waals surface area contributed by atoms with Gasteiger partial charge in [0, 0.05) is 18.8 Å². The van der Waals surface area contributed by atoms with Crippen molar-refractivity contribution in [3.05, 3.63) is 12.2 Å². The van der Waals surface area contributed by atoms with Gasteiger partial charge in [0.1, 0.15) is 0 Å². The molecule has 2 aliphatic rings. The van der Waals surface area contributed by atoms with E-state index in [9.17, 15) is 15.3 Å². The third-order valence-corrected chi connectivity index (χ3v) is 4.35. The van der Waals surface area contributed by atoms with Crippen molar-refractivity contribution in [1.82, 2.24) is 0 Å². The lowest BCUT2D eigenvalue weighted by atomic mass is 9.91. The lowest BCUT2D eigenvalue weighted by molar-refractivity contribution is -0.0949. The zero-order valence-electron chi connectivity index (χ0n) is 11.6. The van der Waals surface area contributed by atoms with E-state index in [-0.39, 0.29) is 17.9 Å². The Balaban J connectivity index is 1.83. The molecule has 6 atom stereocenters. The lowest BCUT2D eigenvalue weighted by Crippen LogP contribution is -2.19. The molecule has 2 fully saturated rings. The Labute approximate surface area is 115 Å². The second-order valence-electron chi connectivity index (χ2n) is 5.86. The summed E-state index contributed by atoms with van der Waals surface area (Å²) in [7, 11) is 0. The highest BCUT2D eigenvalue weighted by Gasteiger charge is 2.47. The van der Waals surface area contributed by atoms with Crippen molar-refractivity contribution in [3.63, 3.8) is 0 Å². The minimum atomic E-state index is -0.687. The first-order valence-electron chi connectivity index (χ1n) is 7.49. The van der Waals surface area contributed by atoms with Crippen molar-refractivity contribution in [2.24, 2.45) is 11.8 Å². The number of aliphatic hydroxyl groups excluding tert-OH is 3. The highest BCUT2D eigenvalue weighted by atomic mass is 16.6. The average molecular weight is 270 g/mol. The molecule has 0 bridgehead atoms. The number of hydrogen-bond donors (Lipinski definition) is 3. The first-order chi connectivity index (χ1) is 9.11. The number of rotatable bonds is 6. The summed E-state index contributed by atoms with van der Waals surface area (Å²) in [4.78, 5) is 0. The molecule has 0 spiro atoms. The number of fused-ring (bicyclic) bond motifs is 1. The molecule has 110 valence electrons. The molecular weight excluding hydrogens is 244 g/mol. The van der Waals surface area contributed by atoms with Crippen LogP contribution in [0.5, 0.6) is 0 Å². The molecule has 3 N–H and O–H groups in total. The van der Waals surface area contributed by atoms with E-state index in [0.29, 0.717) is 12.8 Å². The van der Waals surface area contributed by atoms with E-state index in [2.05, 4.69) is 6.92 Å². The van der Waals surface area contributed by atoms with Gasteiger partial charge in [-0.05, 0) is 12.3 Å². The van der Waals surface area contributed by atoms with Crippen molar-refractivity contribution >= 4 is 0 Å². The van der Waals surface area contributed by atoms with E-state index in [4.69, 9.17) is 4.74 Å². The summed E-state index contributed by atoms with van der Waals surface area (Å²) < 4.78 is 5.37. The van der Waals surface area contributed by atoms with Crippen LogP contribution in [0.2, 0.25) is 0 Å². The van der Waals surface area contributed by atoms with Gasteiger partial charge in [0.05, 0.1) is 18.3 Å². The van der Waals surface area contributed by atoms with Crippen LogP contribution in [-0.4, -0.2) is 39.9 Å².